The fourth-order valence-electron chi connectivity index (χ4n) is 1.81. The highest BCUT2D eigenvalue weighted by atomic mass is 16.7. The van der Waals surface area contributed by atoms with Crippen molar-refractivity contribution in [2.24, 2.45) is 5.41 Å². The van der Waals surface area contributed by atoms with Crippen LogP contribution in [0.4, 0.5) is 0 Å². The fraction of sp³-hybridized carbons (Fsp3) is 0.750. The van der Waals surface area contributed by atoms with Crippen LogP contribution in [-0.2, 0) is 23.9 Å². The first-order chi connectivity index (χ1) is 7.73. The van der Waals surface area contributed by atoms with Gasteiger partial charge in [0, 0.05) is 20.3 Å². The molecule has 1 heterocycles. The summed E-state index contributed by atoms with van der Waals surface area (Å²) < 4.78 is 10.2. The SMILES string of the molecule is CCC1(CCC(C)=O)C(=O)OC(C)(C)OC1=O. The maximum absolute atomic E-state index is 12.0. The Morgan fingerprint density at radius 2 is 1.65 bits per heavy atom. The number of ketones is 1. The predicted octanol–water partition coefficient (Wildman–Crippen LogP) is 1.59. The smallest absolute Gasteiger partial charge is 0.326 e. The lowest BCUT2D eigenvalue weighted by Gasteiger charge is -2.39. The lowest BCUT2D eigenvalue weighted by molar-refractivity contribution is -0.251. The van der Waals surface area contributed by atoms with Crippen LogP contribution >= 0.6 is 0 Å². The zero-order chi connectivity index (χ0) is 13.3. The summed E-state index contributed by atoms with van der Waals surface area (Å²) in [5.74, 6) is -2.48. The highest BCUT2D eigenvalue weighted by molar-refractivity contribution is 6.02. The Labute approximate surface area is 100 Å². The summed E-state index contributed by atoms with van der Waals surface area (Å²) in [4.78, 5) is 34.9. The van der Waals surface area contributed by atoms with Gasteiger partial charge in [-0.1, -0.05) is 6.92 Å². The molecule has 5 nitrogen and oxygen atoms in total. The number of rotatable bonds is 4. The molecule has 96 valence electrons. The van der Waals surface area contributed by atoms with E-state index in [0.717, 1.165) is 0 Å². The van der Waals surface area contributed by atoms with Gasteiger partial charge in [0.25, 0.3) is 5.79 Å². The summed E-state index contributed by atoms with van der Waals surface area (Å²) in [6, 6.07) is 0. The van der Waals surface area contributed by atoms with Crippen molar-refractivity contribution < 1.29 is 23.9 Å². The first-order valence-electron chi connectivity index (χ1n) is 5.70. The Hall–Kier alpha value is -1.39. The van der Waals surface area contributed by atoms with E-state index in [9.17, 15) is 14.4 Å². The number of hydrogen-bond donors (Lipinski definition) is 0. The second kappa shape index (κ2) is 4.47. The van der Waals surface area contributed by atoms with E-state index in [1.165, 1.54) is 20.8 Å². The molecule has 0 saturated carbocycles. The van der Waals surface area contributed by atoms with Crippen LogP contribution < -0.4 is 0 Å². The van der Waals surface area contributed by atoms with E-state index in [2.05, 4.69) is 0 Å². The van der Waals surface area contributed by atoms with Gasteiger partial charge in [0.2, 0.25) is 0 Å². The maximum Gasteiger partial charge on any atom is 0.326 e. The van der Waals surface area contributed by atoms with Crippen LogP contribution in [0.5, 0.6) is 0 Å². The molecule has 0 aromatic carbocycles. The molecule has 0 unspecified atom stereocenters. The van der Waals surface area contributed by atoms with Crippen molar-refractivity contribution in [2.45, 2.75) is 52.7 Å². The molecule has 1 saturated heterocycles. The van der Waals surface area contributed by atoms with Crippen molar-refractivity contribution in [2.75, 3.05) is 0 Å². The Bertz CT molecular complexity index is 336. The van der Waals surface area contributed by atoms with Gasteiger partial charge < -0.3 is 14.3 Å². The first kappa shape index (κ1) is 13.7. The Balaban J connectivity index is 2.94. The number of hydrogen-bond acceptors (Lipinski definition) is 5. The minimum absolute atomic E-state index is 0.0664. The zero-order valence-corrected chi connectivity index (χ0v) is 10.7. The van der Waals surface area contributed by atoms with Gasteiger partial charge in [0.15, 0.2) is 5.41 Å². The van der Waals surface area contributed by atoms with Gasteiger partial charge in [-0.25, -0.2) is 0 Å². The summed E-state index contributed by atoms with van der Waals surface area (Å²) in [6.07, 6.45) is 0.582. The van der Waals surface area contributed by atoms with Crippen molar-refractivity contribution in [3.63, 3.8) is 0 Å². The number of ether oxygens (including phenoxy) is 2. The van der Waals surface area contributed by atoms with E-state index in [1.54, 1.807) is 6.92 Å². The van der Waals surface area contributed by atoms with Gasteiger partial charge >= 0.3 is 11.9 Å². The molecule has 0 N–H and O–H groups in total. The summed E-state index contributed by atoms with van der Waals surface area (Å²) >= 11 is 0. The van der Waals surface area contributed by atoms with E-state index in [-0.39, 0.29) is 25.0 Å². The van der Waals surface area contributed by atoms with Gasteiger partial charge in [-0.3, -0.25) is 9.59 Å². The molecule has 0 atom stereocenters. The molecule has 0 spiro atoms. The third kappa shape index (κ3) is 2.65. The average Bonchev–Trinajstić information content (AvgIpc) is 2.15. The molecule has 0 aromatic rings. The van der Waals surface area contributed by atoms with E-state index >= 15 is 0 Å². The maximum atomic E-state index is 12.0. The molecule has 1 fully saturated rings. The fourth-order valence-corrected chi connectivity index (χ4v) is 1.81. The Kier molecular flexibility index (Phi) is 3.59. The van der Waals surface area contributed by atoms with E-state index in [4.69, 9.17) is 9.47 Å². The Morgan fingerprint density at radius 1 is 1.18 bits per heavy atom. The van der Waals surface area contributed by atoms with Crippen LogP contribution in [0.1, 0.15) is 47.0 Å². The van der Waals surface area contributed by atoms with Crippen molar-refractivity contribution in [3.8, 4) is 0 Å². The van der Waals surface area contributed by atoms with Gasteiger partial charge in [0.05, 0.1) is 0 Å². The van der Waals surface area contributed by atoms with Crippen molar-refractivity contribution in [3.05, 3.63) is 0 Å². The van der Waals surface area contributed by atoms with Crippen LogP contribution in [-0.4, -0.2) is 23.5 Å². The van der Waals surface area contributed by atoms with Crippen LogP contribution in [0.25, 0.3) is 0 Å². The summed E-state index contributed by atoms with van der Waals surface area (Å²) in [5.41, 5.74) is -1.32. The zero-order valence-electron chi connectivity index (χ0n) is 10.7. The number of carbonyl (C=O) groups is 3. The molecule has 17 heavy (non-hydrogen) atoms. The number of carbonyl (C=O) groups excluding carboxylic acids is 3. The first-order valence-corrected chi connectivity index (χ1v) is 5.70. The predicted molar refractivity (Wildman–Crippen MR) is 58.9 cm³/mol. The van der Waals surface area contributed by atoms with Crippen molar-refractivity contribution in [1.82, 2.24) is 0 Å². The number of Topliss-reactive ketones (excluding diaryl/α,β-unsaturated/α-hetero) is 1. The lowest BCUT2D eigenvalue weighted by atomic mass is 9.79. The van der Waals surface area contributed by atoms with Gasteiger partial charge in [0.1, 0.15) is 5.78 Å². The Morgan fingerprint density at radius 3 is 2.00 bits per heavy atom. The number of cyclic esters (lactones) is 2. The number of esters is 2. The topological polar surface area (TPSA) is 69.7 Å². The molecule has 0 radical (unpaired) electrons. The summed E-state index contributed by atoms with van der Waals surface area (Å²) in [7, 11) is 0. The van der Waals surface area contributed by atoms with Gasteiger partial charge in [-0.05, 0) is 19.8 Å². The van der Waals surface area contributed by atoms with Crippen molar-refractivity contribution >= 4 is 17.7 Å². The molecule has 0 amide bonds. The minimum atomic E-state index is -1.32. The largest absolute Gasteiger partial charge is 0.422 e. The summed E-state index contributed by atoms with van der Waals surface area (Å²) in [5, 5.41) is 0. The minimum Gasteiger partial charge on any atom is -0.422 e. The molecular weight excluding hydrogens is 224 g/mol. The van der Waals surface area contributed by atoms with Crippen LogP contribution in [0.3, 0.4) is 0 Å². The molecule has 1 rings (SSSR count). The highest BCUT2D eigenvalue weighted by Crippen LogP contribution is 2.38. The van der Waals surface area contributed by atoms with Crippen LogP contribution in [0, 0.1) is 5.41 Å². The van der Waals surface area contributed by atoms with Crippen LogP contribution in [0.2, 0.25) is 0 Å². The molecule has 1 aliphatic heterocycles. The molecule has 0 aromatic heterocycles. The molecule has 0 aliphatic carbocycles. The normalized spacial score (nSPS) is 21.6. The third-order valence-electron chi connectivity index (χ3n) is 2.97. The standard InChI is InChI=1S/C12H18O5/c1-5-12(7-6-8(2)13)9(14)16-11(3,4)17-10(12)15/h5-7H2,1-4H3. The van der Waals surface area contributed by atoms with Crippen LogP contribution in [0.15, 0.2) is 0 Å². The monoisotopic (exact) mass is 242 g/mol. The third-order valence-corrected chi connectivity index (χ3v) is 2.97. The second-order valence-corrected chi connectivity index (χ2v) is 4.82. The lowest BCUT2D eigenvalue weighted by Crippen LogP contribution is -2.53. The van der Waals surface area contributed by atoms with E-state index < -0.39 is 23.1 Å². The molecule has 5 heteroatoms. The van der Waals surface area contributed by atoms with E-state index in [0.29, 0.717) is 0 Å². The van der Waals surface area contributed by atoms with Crippen molar-refractivity contribution in [1.29, 1.82) is 0 Å². The molecular formula is C12H18O5. The summed E-state index contributed by atoms with van der Waals surface area (Å²) in [6.45, 7) is 6.15. The highest BCUT2D eigenvalue weighted by Gasteiger charge is 2.54. The van der Waals surface area contributed by atoms with E-state index in [1.807, 2.05) is 0 Å². The molecule has 0 bridgehead atoms. The van der Waals surface area contributed by atoms with Gasteiger partial charge in [-0.15, -0.1) is 0 Å². The molecule has 1 aliphatic rings. The quantitative estimate of drug-likeness (QED) is 0.553. The van der Waals surface area contributed by atoms with Gasteiger partial charge in [-0.2, -0.15) is 0 Å². The second-order valence-electron chi connectivity index (χ2n) is 4.82. The average molecular weight is 242 g/mol.